The van der Waals surface area contributed by atoms with Gasteiger partial charge in [-0.2, -0.15) is 0 Å². The molecule has 1 atom stereocenters. The van der Waals surface area contributed by atoms with Crippen molar-refractivity contribution in [2.45, 2.75) is 172 Å². The van der Waals surface area contributed by atoms with E-state index < -0.39 is 0 Å². The van der Waals surface area contributed by atoms with Crippen LogP contribution in [0.15, 0.2) is 9.98 Å². The van der Waals surface area contributed by atoms with Gasteiger partial charge in [0.05, 0.1) is 6.04 Å². The molecule has 38 heavy (non-hydrogen) atoms. The van der Waals surface area contributed by atoms with Crippen LogP contribution >= 0.6 is 0 Å². The van der Waals surface area contributed by atoms with E-state index >= 15 is 0 Å². The van der Waals surface area contributed by atoms with Crippen LogP contribution in [-0.2, 0) is 0 Å². The van der Waals surface area contributed by atoms with Gasteiger partial charge in [-0.3, -0.25) is 4.99 Å². The zero-order chi connectivity index (χ0) is 26.3. The molecule has 218 valence electrons. The van der Waals surface area contributed by atoms with Gasteiger partial charge in [0, 0.05) is 31.2 Å². The maximum Gasteiger partial charge on any atom is 0.191 e. The van der Waals surface area contributed by atoms with E-state index in [-0.39, 0.29) is 0 Å². The summed E-state index contributed by atoms with van der Waals surface area (Å²) in [5, 5.41) is 15.2. The molecule has 0 aromatic carbocycles. The number of guanidine groups is 2. The summed E-state index contributed by atoms with van der Waals surface area (Å²) < 4.78 is 0. The van der Waals surface area contributed by atoms with Gasteiger partial charge in [0.2, 0.25) is 0 Å². The molecule has 0 saturated heterocycles. The smallest absolute Gasteiger partial charge is 0.191 e. The highest BCUT2D eigenvalue weighted by Crippen LogP contribution is 2.22. The fourth-order valence-corrected chi connectivity index (χ4v) is 6.98. The Kier molecular flexibility index (Phi) is 13.4. The normalized spacial score (nSPS) is 24.0. The van der Waals surface area contributed by atoms with Gasteiger partial charge in [-0.15, -0.1) is 0 Å². The fraction of sp³-hybridized carbons (Fsp3) is 0.938. The second kappa shape index (κ2) is 17.3. The maximum atomic E-state index is 5.17. The molecule has 4 rings (SSSR count). The molecule has 1 unspecified atom stereocenters. The van der Waals surface area contributed by atoms with E-state index in [9.17, 15) is 0 Å². The molecule has 4 aliphatic rings. The molecule has 0 amide bonds. The quantitative estimate of drug-likeness (QED) is 0.143. The van der Waals surface area contributed by atoms with Crippen LogP contribution in [0.1, 0.15) is 148 Å². The van der Waals surface area contributed by atoms with E-state index in [1.54, 1.807) is 0 Å². The molecule has 4 fully saturated rings. The largest absolute Gasteiger partial charge is 0.356 e. The van der Waals surface area contributed by atoms with Gasteiger partial charge in [0.25, 0.3) is 0 Å². The van der Waals surface area contributed by atoms with Crippen LogP contribution in [0.25, 0.3) is 0 Å². The molecule has 0 aromatic rings. The van der Waals surface area contributed by atoms with Gasteiger partial charge in [0.1, 0.15) is 0 Å². The second-order valence-electron chi connectivity index (χ2n) is 13.1. The van der Waals surface area contributed by atoms with Crippen LogP contribution in [0.5, 0.6) is 0 Å². The van der Waals surface area contributed by atoms with Crippen molar-refractivity contribution >= 4 is 11.9 Å². The van der Waals surface area contributed by atoms with Crippen LogP contribution in [0.3, 0.4) is 0 Å². The predicted octanol–water partition coefficient (Wildman–Crippen LogP) is 6.80. The third kappa shape index (κ3) is 11.3. The Morgan fingerprint density at radius 2 is 1.05 bits per heavy atom. The molecule has 0 aromatic heterocycles. The number of aliphatic imine (C=N–C) groups is 2. The summed E-state index contributed by atoms with van der Waals surface area (Å²) in [6.45, 7) is 4.30. The van der Waals surface area contributed by atoms with Gasteiger partial charge < -0.3 is 21.3 Å². The van der Waals surface area contributed by atoms with Crippen molar-refractivity contribution in [2.24, 2.45) is 15.9 Å². The third-order valence-corrected chi connectivity index (χ3v) is 9.45. The average molecular weight is 529 g/mol. The molecule has 4 saturated carbocycles. The second-order valence-corrected chi connectivity index (χ2v) is 13.1. The van der Waals surface area contributed by atoms with E-state index in [1.807, 2.05) is 0 Å². The summed E-state index contributed by atoms with van der Waals surface area (Å²) in [6, 6.07) is 2.34. The molecule has 0 aliphatic heterocycles. The van der Waals surface area contributed by atoms with Crippen molar-refractivity contribution in [1.29, 1.82) is 0 Å². The van der Waals surface area contributed by atoms with Crippen molar-refractivity contribution in [3.63, 3.8) is 0 Å². The number of hydrogen-bond acceptors (Lipinski definition) is 2. The monoisotopic (exact) mass is 528 g/mol. The Labute approximate surface area is 234 Å². The Balaban J connectivity index is 1.22. The molecule has 4 aliphatic carbocycles. The van der Waals surface area contributed by atoms with Crippen molar-refractivity contribution < 1.29 is 0 Å². The highest BCUT2D eigenvalue weighted by atomic mass is 15.2. The summed E-state index contributed by atoms with van der Waals surface area (Å²) in [7, 11) is 0. The highest BCUT2D eigenvalue weighted by Gasteiger charge is 2.20. The van der Waals surface area contributed by atoms with Crippen LogP contribution in [0.2, 0.25) is 0 Å². The third-order valence-electron chi connectivity index (χ3n) is 9.45. The van der Waals surface area contributed by atoms with E-state index in [2.05, 4.69) is 28.2 Å². The van der Waals surface area contributed by atoms with Gasteiger partial charge in [-0.05, 0) is 70.1 Å². The molecule has 6 heteroatoms. The van der Waals surface area contributed by atoms with Crippen molar-refractivity contribution in [1.82, 2.24) is 21.3 Å². The lowest BCUT2D eigenvalue weighted by Crippen LogP contribution is -2.48. The minimum Gasteiger partial charge on any atom is -0.356 e. The zero-order valence-corrected chi connectivity index (χ0v) is 24.8. The SMILES string of the molecule is CC(CCCNC(=NC1CCCCC1)NC1CCCCC1)CN=C(NC1CCCCC1)NC1CCCCC1. The van der Waals surface area contributed by atoms with E-state index in [0.29, 0.717) is 30.1 Å². The van der Waals surface area contributed by atoms with E-state index in [0.717, 1.165) is 25.0 Å². The first kappa shape index (κ1) is 29.5. The Bertz CT molecular complexity index is 660. The summed E-state index contributed by atoms with van der Waals surface area (Å²) >= 11 is 0. The number of rotatable bonds is 10. The molecule has 0 spiro atoms. The van der Waals surface area contributed by atoms with Gasteiger partial charge >= 0.3 is 0 Å². The van der Waals surface area contributed by atoms with Crippen molar-refractivity contribution in [3.8, 4) is 0 Å². The first-order chi connectivity index (χ1) is 18.7. The number of nitrogens with zero attached hydrogens (tertiary/aromatic N) is 2. The van der Waals surface area contributed by atoms with Gasteiger partial charge in [-0.25, -0.2) is 4.99 Å². The van der Waals surface area contributed by atoms with Crippen LogP contribution < -0.4 is 21.3 Å². The average Bonchev–Trinajstić information content (AvgIpc) is 2.96. The van der Waals surface area contributed by atoms with E-state index in [4.69, 9.17) is 9.98 Å². The number of hydrogen-bond donors (Lipinski definition) is 4. The first-order valence-electron chi connectivity index (χ1n) is 16.9. The summed E-state index contributed by atoms with van der Waals surface area (Å²) in [5.41, 5.74) is 0. The van der Waals surface area contributed by atoms with Crippen LogP contribution in [0.4, 0.5) is 0 Å². The van der Waals surface area contributed by atoms with Crippen LogP contribution in [-0.4, -0.2) is 49.2 Å². The molecular weight excluding hydrogens is 468 g/mol. The van der Waals surface area contributed by atoms with Gasteiger partial charge in [0.15, 0.2) is 11.9 Å². The Morgan fingerprint density at radius 1 is 0.605 bits per heavy atom. The van der Waals surface area contributed by atoms with Crippen molar-refractivity contribution in [3.05, 3.63) is 0 Å². The standard InChI is InChI=1S/C32H60N6/c1-26(25-34-32(37-29-20-10-4-11-21-29)38-30-22-12-5-13-23-30)15-14-24-33-31(35-27-16-6-2-7-17-27)36-28-18-8-3-9-19-28/h26-30H,2-25H2,1H3,(H2,33,35,36)(H2,34,37,38). The summed E-state index contributed by atoms with van der Waals surface area (Å²) in [5.74, 6) is 2.77. The maximum absolute atomic E-state index is 5.17. The van der Waals surface area contributed by atoms with Crippen LogP contribution in [0, 0.1) is 5.92 Å². The Hall–Kier alpha value is -1.46. The minimum atomic E-state index is 0.516. The lowest BCUT2D eigenvalue weighted by molar-refractivity contribution is 0.387. The fourth-order valence-electron chi connectivity index (χ4n) is 6.98. The van der Waals surface area contributed by atoms with E-state index in [1.165, 1.54) is 141 Å². The topological polar surface area (TPSA) is 72.8 Å². The van der Waals surface area contributed by atoms with Gasteiger partial charge in [-0.1, -0.05) is 84.0 Å². The molecular formula is C32H60N6. The number of nitrogens with one attached hydrogen (secondary N) is 4. The Morgan fingerprint density at radius 3 is 1.55 bits per heavy atom. The molecule has 6 nitrogen and oxygen atoms in total. The zero-order valence-electron chi connectivity index (χ0n) is 24.8. The minimum absolute atomic E-state index is 0.516. The predicted molar refractivity (Wildman–Crippen MR) is 163 cm³/mol. The molecule has 0 radical (unpaired) electrons. The first-order valence-corrected chi connectivity index (χ1v) is 16.9. The molecule has 0 heterocycles. The highest BCUT2D eigenvalue weighted by molar-refractivity contribution is 5.80. The lowest BCUT2D eigenvalue weighted by Gasteiger charge is -2.29. The van der Waals surface area contributed by atoms with Crippen molar-refractivity contribution in [2.75, 3.05) is 13.1 Å². The summed E-state index contributed by atoms with van der Waals surface area (Å²) in [6.07, 6.45) is 29.1. The lowest BCUT2D eigenvalue weighted by atomic mass is 9.95. The molecule has 4 N–H and O–H groups in total. The molecule has 0 bridgehead atoms. The summed E-state index contributed by atoms with van der Waals surface area (Å²) in [4.78, 5) is 10.3.